The second-order valence-corrected chi connectivity index (χ2v) is 13.6. The topological polar surface area (TPSA) is 80.6 Å². The summed E-state index contributed by atoms with van der Waals surface area (Å²) in [5.41, 5.74) is -0.865. The molecule has 2 saturated heterocycles. The average molecular weight is 446 g/mol. The Kier molecular flexibility index (Phi) is 4.83. The summed E-state index contributed by atoms with van der Waals surface area (Å²) >= 11 is 0. The van der Waals surface area contributed by atoms with Crippen LogP contribution in [0.5, 0.6) is 0 Å². The molecule has 2 heterocycles. The van der Waals surface area contributed by atoms with Crippen LogP contribution in [0.25, 0.3) is 0 Å². The molecule has 0 radical (unpaired) electrons. The van der Waals surface area contributed by atoms with E-state index < -0.39 is 5.60 Å². The minimum Gasteiger partial charge on any atom is -0.633 e. The van der Waals surface area contributed by atoms with E-state index in [0.29, 0.717) is 67.2 Å². The van der Waals surface area contributed by atoms with E-state index in [4.69, 9.17) is 0 Å². The van der Waals surface area contributed by atoms with Gasteiger partial charge in [-0.15, -0.1) is 0 Å². The molecule has 13 atom stereocenters. The molecular formula is C27H43NO4. The number of nitrogens with zero attached hydrogens (tertiary/aromatic N) is 1. The highest BCUT2D eigenvalue weighted by atomic mass is 16.6. The summed E-state index contributed by atoms with van der Waals surface area (Å²) in [5, 5.41) is 36.3. The molecule has 0 unspecified atom stereocenters. The van der Waals surface area contributed by atoms with Gasteiger partial charge in [0.05, 0.1) is 19.2 Å². The van der Waals surface area contributed by atoms with E-state index in [1.54, 1.807) is 0 Å². The largest absolute Gasteiger partial charge is 0.633 e. The van der Waals surface area contributed by atoms with Gasteiger partial charge in [-0.3, -0.25) is 4.79 Å². The number of piperidine rings is 2. The lowest BCUT2D eigenvalue weighted by Crippen LogP contribution is -2.73. The first-order valence-electron chi connectivity index (χ1n) is 13.6. The van der Waals surface area contributed by atoms with E-state index >= 15 is 0 Å². The van der Waals surface area contributed by atoms with Crippen molar-refractivity contribution in [3.8, 4) is 0 Å². The van der Waals surface area contributed by atoms with E-state index in [2.05, 4.69) is 13.8 Å². The number of quaternary nitrogens is 1. The van der Waals surface area contributed by atoms with Crippen LogP contribution in [0.1, 0.15) is 78.6 Å². The van der Waals surface area contributed by atoms with Crippen molar-refractivity contribution in [2.24, 2.45) is 52.8 Å². The molecule has 4 saturated carbocycles. The predicted octanol–water partition coefficient (Wildman–Crippen LogP) is 3.90. The van der Waals surface area contributed by atoms with Gasteiger partial charge in [0, 0.05) is 36.5 Å². The van der Waals surface area contributed by atoms with E-state index in [9.17, 15) is 20.2 Å². The molecule has 0 bridgehead atoms. The molecule has 180 valence electrons. The van der Waals surface area contributed by atoms with Crippen LogP contribution in [-0.4, -0.2) is 51.5 Å². The van der Waals surface area contributed by atoms with Crippen LogP contribution in [-0.2, 0) is 4.79 Å². The van der Waals surface area contributed by atoms with Crippen molar-refractivity contribution in [2.45, 2.75) is 96.3 Å². The van der Waals surface area contributed by atoms with Gasteiger partial charge in [-0.2, -0.15) is 0 Å². The lowest BCUT2D eigenvalue weighted by atomic mass is 9.51. The first kappa shape index (κ1) is 22.0. The monoisotopic (exact) mass is 445 g/mol. The average Bonchev–Trinajstić information content (AvgIpc) is 3.08. The van der Waals surface area contributed by atoms with Gasteiger partial charge in [-0.25, -0.2) is 0 Å². The number of carbonyl (C=O) groups is 1. The minimum absolute atomic E-state index is 0.00908. The fraction of sp³-hybridized carbons (Fsp3) is 0.963. The number of hydroxylamine groups is 3. The molecule has 2 aliphatic heterocycles. The molecule has 0 spiro atoms. The SMILES string of the molecule is C[C@H]1CC[C@H]2[C@@](C)(O)[C@@H]3CC[C@@H]4[C@@H](C[C@H]5[C@H]4CC(=O)[C@H]4C[C@@H](O)CC[C@@]45C)[C@@H]3C[N@@+]2([O-])C1. The van der Waals surface area contributed by atoms with Gasteiger partial charge in [-0.05, 0) is 81.0 Å². The zero-order valence-corrected chi connectivity index (χ0v) is 20.2. The summed E-state index contributed by atoms with van der Waals surface area (Å²) in [4.78, 5) is 13.3. The Balaban J connectivity index is 1.33. The summed E-state index contributed by atoms with van der Waals surface area (Å²) in [6, 6.07) is -0.163. The number of carbonyl (C=O) groups excluding carboxylic acids is 1. The number of hydrogen-bond acceptors (Lipinski definition) is 4. The number of aliphatic hydroxyl groups excluding tert-OH is 1. The second-order valence-electron chi connectivity index (χ2n) is 13.6. The van der Waals surface area contributed by atoms with Crippen molar-refractivity contribution < 1.29 is 19.7 Å². The predicted molar refractivity (Wildman–Crippen MR) is 122 cm³/mol. The number of ketones is 1. The molecule has 5 heteroatoms. The van der Waals surface area contributed by atoms with Crippen LogP contribution in [0.2, 0.25) is 0 Å². The number of Topliss-reactive ketones (excluding diaryl/α,β-unsaturated/α-hetero) is 1. The molecule has 5 nitrogen and oxygen atoms in total. The van der Waals surface area contributed by atoms with Gasteiger partial charge in [0.1, 0.15) is 17.4 Å². The Morgan fingerprint density at radius 3 is 2.50 bits per heavy atom. The fourth-order valence-corrected chi connectivity index (χ4v) is 10.7. The Morgan fingerprint density at radius 2 is 1.72 bits per heavy atom. The van der Waals surface area contributed by atoms with Gasteiger partial charge < -0.3 is 20.1 Å². The van der Waals surface area contributed by atoms with Crippen molar-refractivity contribution in [3.63, 3.8) is 0 Å². The third kappa shape index (κ3) is 2.86. The molecule has 6 aliphatic rings. The highest BCUT2D eigenvalue weighted by Crippen LogP contribution is 2.67. The van der Waals surface area contributed by atoms with Gasteiger partial charge in [0.15, 0.2) is 0 Å². The van der Waals surface area contributed by atoms with Crippen LogP contribution in [0, 0.1) is 58.0 Å². The zero-order chi connectivity index (χ0) is 22.6. The van der Waals surface area contributed by atoms with Crippen LogP contribution in [0.4, 0.5) is 0 Å². The molecule has 0 aromatic carbocycles. The summed E-state index contributed by atoms with van der Waals surface area (Å²) in [6.07, 6.45) is 7.96. The van der Waals surface area contributed by atoms with E-state index in [1.807, 2.05) is 6.92 Å². The number of aliphatic hydroxyl groups is 2. The molecule has 4 aliphatic carbocycles. The van der Waals surface area contributed by atoms with Crippen LogP contribution < -0.4 is 0 Å². The van der Waals surface area contributed by atoms with Crippen molar-refractivity contribution in [1.82, 2.24) is 0 Å². The van der Waals surface area contributed by atoms with Gasteiger partial charge in [0.2, 0.25) is 0 Å². The standard InChI is InChI=1S/C27H43NO4/c1-15-4-7-25-27(3,31)21-6-5-17-18(20(21)14-28(25,32)13-15)11-22-19(17)12-24(30)23-10-16(29)8-9-26(22,23)2/h15-23,25,29,31H,4-14H2,1-3H3/t15-,16-,17+,18+,19-,20-,21+,22-,23+,25-,26+,27-,28-/m0/s1. The fourth-order valence-electron chi connectivity index (χ4n) is 10.7. The Hall–Kier alpha value is -0.490. The quantitative estimate of drug-likeness (QED) is 0.438. The van der Waals surface area contributed by atoms with Crippen LogP contribution >= 0.6 is 0 Å². The summed E-state index contributed by atoms with van der Waals surface area (Å²) in [5.74, 6) is 3.37. The van der Waals surface area contributed by atoms with Gasteiger partial charge in [0.25, 0.3) is 0 Å². The third-order valence-corrected chi connectivity index (χ3v) is 12.1. The highest BCUT2D eigenvalue weighted by Gasteiger charge is 2.66. The maximum Gasteiger partial charge on any atom is 0.136 e. The molecular weight excluding hydrogens is 402 g/mol. The van der Waals surface area contributed by atoms with Crippen molar-refractivity contribution in [3.05, 3.63) is 5.21 Å². The number of fused-ring (bicyclic) bond motifs is 8. The van der Waals surface area contributed by atoms with E-state index in [1.165, 1.54) is 0 Å². The van der Waals surface area contributed by atoms with Crippen LogP contribution in [0.3, 0.4) is 0 Å². The van der Waals surface area contributed by atoms with Gasteiger partial charge in [-0.1, -0.05) is 13.8 Å². The third-order valence-electron chi connectivity index (χ3n) is 12.1. The Bertz CT molecular complexity index is 794. The molecule has 0 amide bonds. The smallest absolute Gasteiger partial charge is 0.136 e. The Labute approximate surface area is 193 Å². The van der Waals surface area contributed by atoms with Crippen molar-refractivity contribution in [1.29, 1.82) is 0 Å². The first-order valence-corrected chi connectivity index (χ1v) is 13.6. The number of hydrogen-bond donors (Lipinski definition) is 2. The summed E-state index contributed by atoms with van der Waals surface area (Å²) < 4.78 is -0.182. The lowest BCUT2D eigenvalue weighted by molar-refractivity contribution is -0.933. The van der Waals surface area contributed by atoms with Crippen LogP contribution in [0.15, 0.2) is 0 Å². The van der Waals surface area contributed by atoms with Crippen molar-refractivity contribution in [2.75, 3.05) is 13.1 Å². The minimum atomic E-state index is -0.874. The molecule has 0 aromatic heterocycles. The second kappa shape index (κ2) is 7.02. The van der Waals surface area contributed by atoms with E-state index in [-0.39, 0.29) is 34.0 Å². The summed E-state index contributed by atoms with van der Waals surface area (Å²) in [7, 11) is 0. The summed E-state index contributed by atoms with van der Waals surface area (Å²) in [6.45, 7) is 7.87. The molecule has 6 rings (SSSR count). The zero-order valence-electron chi connectivity index (χ0n) is 20.2. The molecule has 6 fully saturated rings. The lowest BCUT2D eigenvalue weighted by Gasteiger charge is -2.66. The van der Waals surface area contributed by atoms with E-state index in [0.717, 1.165) is 44.9 Å². The number of rotatable bonds is 0. The molecule has 2 N–H and O–H groups in total. The molecule has 0 aromatic rings. The van der Waals surface area contributed by atoms with Crippen molar-refractivity contribution >= 4 is 5.78 Å². The highest BCUT2D eigenvalue weighted by molar-refractivity contribution is 5.83. The maximum absolute atomic E-state index is 14.2. The maximum atomic E-state index is 14.2. The van der Waals surface area contributed by atoms with Gasteiger partial charge >= 0.3 is 0 Å². The Morgan fingerprint density at radius 1 is 0.938 bits per heavy atom. The molecule has 32 heavy (non-hydrogen) atoms. The normalized spacial score (nSPS) is 61.8. The first-order chi connectivity index (χ1) is 15.0.